The molecule has 3 nitrogen and oxygen atoms in total. The highest BCUT2D eigenvalue weighted by Gasteiger charge is 2.15. The average Bonchev–Trinajstić information content (AvgIpc) is 2.41. The summed E-state index contributed by atoms with van der Waals surface area (Å²) < 4.78 is 13.7. The molecule has 5 N–H and O–H groups in total. The van der Waals surface area contributed by atoms with Crippen molar-refractivity contribution in [1.29, 1.82) is 0 Å². The van der Waals surface area contributed by atoms with Gasteiger partial charge in [-0.3, -0.25) is 11.3 Å². The molecular formula is C14H15ClFN3. The minimum atomic E-state index is -0.306. The van der Waals surface area contributed by atoms with Gasteiger partial charge in [0.1, 0.15) is 5.82 Å². The molecule has 1 unspecified atom stereocenters. The third-order valence-electron chi connectivity index (χ3n) is 3.00. The first kappa shape index (κ1) is 13.8. The van der Waals surface area contributed by atoms with Crippen LogP contribution in [0.2, 0.25) is 5.02 Å². The number of nitrogens with one attached hydrogen (secondary N) is 1. The van der Waals surface area contributed by atoms with E-state index in [0.29, 0.717) is 22.7 Å². The fourth-order valence-electron chi connectivity index (χ4n) is 2.01. The first-order valence-corrected chi connectivity index (χ1v) is 6.24. The zero-order chi connectivity index (χ0) is 13.8. The summed E-state index contributed by atoms with van der Waals surface area (Å²) in [5.74, 6) is 5.24. The van der Waals surface area contributed by atoms with Crippen molar-refractivity contribution >= 4 is 17.3 Å². The lowest BCUT2D eigenvalue weighted by molar-refractivity contribution is 0.530. The first-order valence-electron chi connectivity index (χ1n) is 5.86. The van der Waals surface area contributed by atoms with E-state index in [1.54, 1.807) is 12.1 Å². The van der Waals surface area contributed by atoms with E-state index in [1.807, 2.05) is 18.2 Å². The predicted octanol–water partition coefficient (Wildman–Crippen LogP) is 2.81. The van der Waals surface area contributed by atoms with Crippen LogP contribution in [0.3, 0.4) is 0 Å². The lowest BCUT2D eigenvalue weighted by atomic mass is 9.98. The van der Waals surface area contributed by atoms with Crippen LogP contribution in [0.1, 0.15) is 17.2 Å². The molecule has 2 aromatic rings. The van der Waals surface area contributed by atoms with Crippen molar-refractivity contribution in [1.82, 2.24) is 5.43 Å². The van der Waals surface area contributed by atoms with Gasteiger partial charge in [-0.25, -0.2) is 4.39 Å². The minimum Gasteiger partial charge on any atom is -0.398 e. The topological polar surface area (TPSA) is 64.1 Å². The summed E-state index contributed by atoms with van der Waals surface area (Å²) in [7, 11) is 0. The lowest BCUT2D eigenvalue weighted by Crippen LogP contribution is -2.30. The third kappa shape index (κ3) is 3.23. The summed E-state index contributed by atoms with van der Waals surface area (Å²) in [6, 6.07) is 11.5. The molecule has 2 rings (SSSR count). The number of nitrogen functional groups attached to an aromatic ring is 1. The van der Waals surface area contributed by atoms with Gasteiger partial charge in [0.2, 0.25) is 0 Å². The van der Waals surface area contributed by atoms with Crippen LogP contribution in [0.25, 0.3) is 0 Å². The zero-order valence-corrected chi connectivity index (χ0v) is 11.0. The summed E-state index contributed by atoms with van der Waals surface area (Å²) >= 11 is 5.88. The second kappa shape index (κ2) is 6.02. The predicted molar refractivity (Wildman–Crippen MR) is 76.0 cm³/mol. The van der Waals surface area contributed by atoms with Crippen LogP contribution in [0.15, 0.2) is 42.5 Å². The molecule has 2 aromatic carbocycles. The van der Waals surface area contributed by atoms with E-state index in [0.717, 1.165) is 5.56 Å². The van der Waals surface area contributed by atoms with Crippen LogP contribution >= 0.6 is 11.6 Å². The van der Waals surface area contributed by atoms with Crippen molar-refractivity contribution in [2.45, 2.75) is 12.5 Å². The highest BCUT2D eigenvalue weighted by molar-refractivity contribution is 6.30. The van der Waals surface area contributed by atoms with Crippen LogP contribution in [0, 0.1) is 5.82 Å². The number of anilines is 1. The Labute approximate surface area is 116 Å². The van der Waals surface area contributed by atoms with E-state index in [9.17, 15) is 4.39 Å². The molecule has 19 heavy (non-hydrogen) atoms. The Balaban J connectivity index is 2.29. The molecular weight excluding hydrogens is 265 g/mol. The molecule has 0 heterocycles. The molecule has 0 aliphatic rings. The normalized spacial score (nSPS) is 12.4. The number of hydrogen-bond acceptors (Lipinski definition) is 3. The van der Waals surface area contributed by atoms with Crippen LogP contribution < -0.4 is 17.0 Å². The van der Waals surface area contributed by atoms with Crippen molar-refractivity contribution in [3.8, 4) is 0 Å². The van der Waals surface area contributed by atoms with Gasteiger partial charge in [0, 0.05) is 10.7 Å². The molecule has 0 aromatic heterocycles. The SMILES string of the molecule is NNC(Cc1cc(Cl)ccc1F)c1ccccc1N. The van der Waals surface area contributed by atoms with Gasteiger partial charge in [-0.2, -0.15) is 0 Å². The second-order valence-electron chi connectivity index (χ2n) is 4.29. The van der Waals surface area contributed by atoms with Gasteiger partial charge in [0.05, 0.1) is 6.04 Å². The molecule has 0 saturated carbocycles. The molecule has 0 radical (unpaired) electrons. The van der Waals surface area contributed by atoms with E-state index in [2.05, 4.69) is 5.43 Å². The van der Waals surface area contributed by atoms with Crippen molar-refractivity contribution in [3.05, 3.63) is 64.4 Å². The Bertz CT molecular complexity index is 574. The molecule has 100 valence electrons. The Morgan fingerprint density at radius 3 is 2.63 bits per heavy atom. The van der Waals surface area contributed by atoms with E-state index < -0.39 is 0 Å². The Morgan fingerprint density at radius 2 is 1.95 bits per heavy atom. The van der Waals surface area contributed by atoms with Crippen LogP contribution in [0.5, 0.6) is 0 Å². The molecule has 1 atom stereocenters. The smallest absolute Gasteiger partial charge is 0.126 e. The summed E-state index contributed by atoms with van der Waals surface area (Å²) in [6.07, 6.45) is 0.372. The average molecular weight is 280 g/mol. The van der Waals surface area contributed by atoms with Crippen LogP contribution in [-0.4, -0.2) is 0 Å². The standard InChI is InChI=1S/C14H15ClFN3/c15-10-5-6-12(16)9(7-10)8-14(19-18)11-3-1-2-4-13(11)17/h1-7,14,19H,8,17-18H2. The summed E-state index contributed by atoms with van der Waals surface area (Å²) in [4.78, 5) is 0. The maximum atomic E-state index is 13.7. The number of para-hydroxylation sites is 1. The quantitative estimate of drug-likeness (QED) is 0.458. The summed E-state index contributed by atoms with van der Waals surface area (Å²) in [6.45, 7) is 0. The molecule has 0 bridgehead atoms. The molecule has 5 heteroatoms. The maximum Gasteiger partial charge on any atom is 0.126 e. The molecule has 0 amide bonds. The second-order valence-corrected chi connectivity index (χ2v) is 4.72. The van der Waals surface area contributed by atoms with Gasteiger partial charge >= 0.3 is 0 Å². The molecule has 0 aliphatic heterocycles. The Morgan fingerprint density at radius 1 is 1.21 bits per heavy atom. The molecule has 0 saturated heterocycles. The van der Waals surface area contributed by atoms with Crippen LogP contribution in [0.4, 0.5) is 10.1 Å². The van der Waals surface area contributed by atoms with Crippen molar-refractivity contribution < 1.29 is 4.39 Å². The monoisotopic (exact) mass is 279 g/mol. The highest BCUT2D eigenvalue weighted by Crippen LogP contribution is 2.25. The summed E-state index contributed by atoms with van der Waals surface area (Å²) in [5.41, 5.74) is 10.5. The third-order valence-corrected chi connectivity index (χ3v) is 3.24. The summed E-state index contributed by atoms with van der Waals surface area (Å²) in [5, 5.41) is 0.494. The number of halogens is 2. The number of hydrogen-bond donors (Lipinski definition) is 3. The van der Waals surface area contributed by atoms with E-state index in [4.69, 9.17) is 23.2 Å². The fraction of sp³-hybridized carbons (Fsp3) is 0.143. The minimum absolute atomic E-state index is 0.269. The lowest BCUT2D eigenvalue weighted by Gasteiger charge is -2.18. The highest BCUT2D eigenvalue weighted by atomic mass is 35.5. The van der Waals surface area contributed by atoms with Gasteiger partial charge in [-0.1, -0.05) is 29.8 Å². The van der Waals surface area contributed by atoms with Crippen LogP contribution in [-0.2, 0) is 6.42 Å². The van der Waals surface area contributed by atoms with Gasteiger partial charge in [0.25, 0.3) is 0 Å². The van der Waals surface area contributed by atoms with Gasteiger partial charge in [-0.15, -0.1) is 0 Å². The van der Waals surface area contributed by atoms with E-state index >= 15 is 0 Å². The first-order chi connectivity index (χ1) is 9.11. The zero-order valence-electron chi connectivity index (χ0n) is 10.2. The van der Waals surface area contributed by atoms with E-state index in [-0.39, 0.29) is 11.9 Å². The fourth-order valence-corrected chi connectivity index (χ4v) is 2.20. The van der Waals surface area contributed by atoms with Crippen molar-refractivity contribution in [2.75, 3.05) is 5.73 Å². The molecule has 0 aliphatic carbocycles. The Hall–Kier alpha value is -1.62. The number of rotatable bonds is 4. The van der Waals surface area contributed by atoms with Crippen molar-refractivity contribution in [3.63, 3.8) is 0 Å². The number of hydrazine groups is 1. The van der Waals surface area contributed by atoms with Gasteiger partial charge in [-0.05, 0) is 41.8 Å². The van der Waals surface area contributed by atoms with Gasteiger partial charge in [0.15, 0.2) is 0 Å². The molecule has 0 spiro atoms. The van der Waals surface area contributed by atoms with Crippen molar-refractivity contribution in [2.24, 2.45) is 5.84 Å². The maximum absolute atomic E-state index is 13.7. The number of nitrogens with two attached hydrogens (primary N) is 2. The Kier molecular flexibility index (Phi) is 4.37. The largest absolute Gasteiger partial charge is 0.398 e. The van der Waals surface area contributed by atoms with Gasteiger partial charge < -0.3 is 5.73 Å². The number of benzene rings is 2. The van der Waals surface area contributed by atoms with E-state index in [1.165, 1.54) is 12.1 Å². The molecule has 0 fully saturated rings.